The van der Waals surface area contributed by atoms with Crippen molar-refractivity contribution >= 4 is 27.5 Å². The Morgan fingerprint density at radius 2 is 1.94 bits per heavy atom. The van der Waals surface area contributed by atoms with Gasteiger partial charge in [0.2, 0.25) is 0 Å². The molecule has 0 heterocycles. The standard InChI is InChI=1S/C12H16BrFN2/c1-7-5-9(14)8(13)6-10(7)16-11(15)12(2,3)4/h5-6H,1-4H3,(H2,15,16). The quantitative estimate of drug-likeness (QED) is 0.616. The lowest BCUT2D eigenvalue weighted by Gasteiger charge is -2.17. The number of hydrogen-bond acceptors (Lipinski definition) is 1. The van der Waals surface area contributed by atoms with Crippen molar-refractivity contribution in [1.82, 2.24) is 0 Å². The summed E-state index contributed by atoms with van der Waals surface area (Å²) in [7, 11) is 0. The minimum atomic E-state index is -0.286. The molecule has 1 rings (SSSR count). The molecule has 2 nitrogen and oxygen atoms in total. The fraction of sp³-hybridized carbons (Fsp3) is 0.417. The van der Waals surface area contributed by atoms with Crippen molar-refractivity contribution < 1.29 is 4.39 Å². The van der Waals surface area contributed by atoms with E-state index < -0.39 is 0 Å². The molecule has 1 aromatic carbocycles. The van der Waals surface area contributed by atoms with Crippen LogP contribution in [-0.2, 0) is 0 Å². The number of nitrogens with zero attached hydrogens (tertiary/aromatic N) is 1. The first-order chi connectivity index (χ1) is 7.21. The summed E-state index contributed by atoms with van der Waals surface area (Å²) in [6.07, 6.45) is 0. The average molecular weight is 287 g/mol. The van der Waals surface area contributed by atoms with E-state index in [-0.39, 0.29) is 11.2 Å². The zero-order valence-corrected chi connectivity index (χ0v) is 11.5. The molecule has 16 heavy (non-hydrogen) atoms. The number of halogens is 2. The van der Waals surface area contributed by atoms with E-state index in [1.165, 1.54) is 6.07 Å². The summed E-state index contributed by atoms with van der Waals surface area (Å²) in [6.45, 7) is 7.77. The van der Waals surface area contributed by atoms with Gasteiger partial charge in [0.25, 0.3) is 0 Å². The van der Waals surface area contributed by atoms with Gasteiger partial charge in [-0.1, -0.05) is 20.8 Å². The third-order valence-corrected chi connectivity index (χ3v) is 2.86. The third-order valence-electron chi connectivity index (χ3n) is 2.25. The number of rotatable bonds is 1. The SMILES string of the molecule is Cc1cc(F)c(Br)cc1N=C(N)C(C)(C)C. The van der Waals surface area contributed by atoms with E-state index >= 15 is 0 Å². The van der Waals surface area contributed by atoms with Crippen molar-refractivity contribution in [2.24, 2.45) is 16.1 Å². The molecule has 0 bridgehead atoms. The Morgan fingerprint density at radius 1 is 1.38 bits per heavy atom. The molecule has 0 amide bonds. The third kappa shape index (κ3) is 3.04. The summed E-state index contributed by atoms with van der Waals surface area (Å²) < 4.78 is 13.6. The van der Waals surface area contributed by atoms with Gasteiger partial charge in [0.1, 0.15) is 11.7 Å². The normalized spacial score (nSPS) is 13.0. The molecule has 0 unspecified atom stereocenters. The summed E-state index contributed by atoms with van der Waals surface area (Å²) in [5.74, 6) is 0.250. The molecule has 1 aromatic rings. The largest absolute Gasteiger partial charge is 0.387 e. The predicted octanol–water partition coefficient (Wildman–Crippen LogP) is 3.93. The maximum atomic E-state index is 13.2. The van der Waals surface area contributed by atoms with Gasteiger partial charge in [-0.2, -0.15) is 0 Å². The molecule has 0 spiro atoms. The summed E-state index contributed by atoms with van der Waals surface area (Å²) in [4.78, 5) is 4.33. The minimum Gasteiger partial charge on any atom is -0.387 e. The summed E-state index contributed by atoms with van der Waals surface area (Å²) >= 11 is 3.14. The van der Waals surface area contributed by atoms with E-state index in [0.29, 0.717) is 16.0 Å². The summed E-state index contributed by atoms with van der Waals surface area (Å²) in [5, 5.41) is 0. The Morgan fingerprint density at radius 3 is 2.44 bits per heavy atom. The summed E-state index contributed by atoms with van der Waals surface area (Å²) in [5.41, 5.74) is 7.16. The molecule has 4 heteroatoms. The summed E-state index contributed by atoms with van der Waals surface area (Å²) in [6, 6.07) is 3.09. The maximum Gasteiger partial charge on any atom is 0.137 e. The number of aryl methyl sites for hydroxylation is 1. The molecule has 0 atom stereocenters. The zero-order chi connectivity index (χ0) is 12.5. The van der Waals surface area contributed by atoms with E-state index in [0.717, 1.165) is 5.56 Å². The number of nitrogens with two attached hydrogens (primary N) is 1. The van der Waals surface area contributed by atoms with Crippen molar-refractivity contribution in [3.05, 3.63) is 28.0 Å². The lowest BCUT2D eigenvalue weighted by molar-refractivity contribution is 0.585. The first-order valence-corrected chi connectivity index (χ1v) is 5.81. The Hall–Kier alpha value is -0.900. The highest BCUT2D eigenvalue weighted by Gasteiger charge is 2.16. The highest BCUT2D eigenvalue weighted by atomic mass is 79.9. The van der Waals surface area contributed by atoms with Crippen LogP contribution in [0.3, 0.4) is 0 Å². The first-order valence-electron chi connectivity index (χ1n) is 5.02. The second-order valence-electron chi connectivity index (χ2n) is 4.80. The van der Waals surface area contributed by atoms with Gasteiger partial charge in [0, 0.05) is 5.41 Å². The molecule has 2 N–H and O–H groups in total. The molecular weight excluding hydrogens is 271 g/mol. The highest BCUT2D eigenvalue weighted by molar-refractivity contribution is 9.10. The fourth-order valence-corrected chi connectivity index (χ4v) is 1.39. The Labute approximate surface area is 104 Å². The van der Waals surface area contributed by atoms with Gasteiger partial charge in [0.05, 0.1) is 10.2 Å². The monoisotopic (exact) mass is 286 g/mol. The number of hydrogen-bond donors (Lipinski definition) is 1. The van der Waals surface area contributed by atoms with Crippen LogP contribution in [0.4, 0.5) is 10.1 Å². The molecule has 0 aliphatic rings. The van der Waals surface area contributed by atoms with Crippen molar-refractivity contribution in [1.29, 1.82) is 0 Å². The Kier molecular flexibility index (Phi) is 3.73. The van der Waals surface area contributed by atoms with Gasteiger partial charge >= 0.3 is 0 Å². The van der Waals surface area contributed by atoms with E-state index in [1.807, 2.05) is 27.7 Å². The average Bonchev–Trinajstić information content (AvgIpc) is 2.12. The van der Waals surface area contributed by atoms with Crippen LogP contribution in [0.2, 0.25) is 0 Å². The highest BCUT2D eigenvalue weighted by Crippen LogP contribution is 2.27. The van der Waals surface area contributed by atoms with Crippen LogP contribution in [0, 0.1) is 18.2 Å². The van der Waals surface area contributed by atoms with Gasteiger partial charge in [-0.05, 0) is 40.5 Å². The van der Waals surface area contributed by atoms with E-state index in [9.17, 15) is 4.39 Å². The molecule has 0 aromatic heterocycles. The maximum absolute atomic E-state index is 13.2. The molecular formula is C12H16BrFN2. The van der Waals surface area contributed by atoms with Crippen LogP contribution in [0.1, 0.15) is 26.3 Å². The molecule has 0 fully saturated rings. The molecule has 0 saturated carbocycles. The van der Waals surface area contributed by atoms with Gasteiger partial charge in [-0.15, -0.1) is 0 Å². The fourth-order valence-electron chi connectivity index (χ4n) is 1.05. The Balaban J connectivity index is 3.21. The van der Waals surface area contributed by atoms with Crippen LogP contribution >= 0.6 is 15.9 Å². The lowest BCUT2D eigenvalue weighted by atomic mass is 9.95. The van der Waals surface area contributed by atoms with Gasteiger partial charge in [-0.3, -0.25) is 0 Å². The topological polar surface area (TPSA) is 38.4 Å². The van der Waals surface area contributed by atoms with Crippen molar-refractivity contribution in [2.45, 2.75) is 27.7 Å². The lowest BCUT2D eigenvalue weighted by Crippen LogP contribution is -2.28. The molecule has 0 aliphatic heterocycles. The van der Waals surface area contributed by atoms with Crippen LogP contribution in [0.25, 0.3) is 0 Å². The van der Waals surface area contributed by atoms with Crippen LogP contribution in [0.15, 0.2) is 21.6 Å². The molecule has 0 radical (unpaired) electrons. The predicted molar refractivity (Wildman–Crippen MR) is 69.6 cm³/mol. The van der Waals surface area contributed by atoms with Crippen molar-refractivity contribution in [2.75, 3.05) is 0 Å². The second-order valence-corrected chi connectivity index (χ2v) is 5.65. The van der Waals surface area contributed by atoms with Crippen molar-refractivity contribution in [3.63, 3.8) is 0 Å². The molecule has 0 saturated heterocycles. The van der Waals surface area contributed by atoms with E-state index in [1.54, 1.807) is 6.07 Å². The first kappa shape index (κ1) is 13.2. The van der Waals surface area contributed by atoms with Gasteiger partial charge < -0.3 is 5.73 Å². The van der Waals surface area contributed by atoms with Gasteiger partial charge in [-0.25, -0.2) is 9.38 Å². The van der Waals surface area contributed by atoms with Crippen LogP contribution < -0.4 is 5.73 Å². The van der Waals surface area contributed by atoms with Crippen LogP contribution in [-0.4, -0.2) is 5.84 Å². The van der Waals surface area contributed by atoms with E-state index in [2.05, 4.69) is 20.9 Å². The second kappa shape index (κ2) is 4.53. The number of aliphatic imine (C=N–C) groups is 1. The molecule has 88 valence electrons. The Bertz CT molecular complexity index is 433. The zero-order valence-electron chi connectivity index (χ0n) is 9.94. The van der Waals surface area contributed by atoms with Gasteiger partial charge in [0.15, 0.2) is 0 Å². The minimum absolute atomic E-state index is 0.187. The number of benzene rings is 1. The van der Waals surface area contributed by atoms with Crippen LogP contribution in [0.5, 0.6) is 0 Å². The van der Waals surface area contributed by atoms with E-state index in [4.69, 9.17) is 5.73 Å². The number of amidine groups is 1. The van der Waals surface area contributed by atoms with Crippen molar-refractivity contribution in [3.8, 4) is 0 Å². The smallest absolute Gasteiger partial charge is 0.137 e. The molecule has 0 aliphatic carbocycles.